The number of rotatable bonds is 1. The summed E-state index contributed by atoms with van der Waals surface area (Å²) in [5.41, 5.74) is 0. The summed E-state index contributed by atoms with van der Waals surface area (Å²) in [6.07, 6.45) is 4.56. The van der Waals surface area contributed by atoms with Gasteiger partial charge >= 0.3 is 0 Å². The lowest BCUT2D eigenvalue weighted by Gasteiger charge is -2.19. The molecule has 1 aliphatic heterocycles. The first-order valence-corrected chi connectivity index (χ1v) is 5.49. The van der Waals surface area contributed by atoms with Crippen molar-refractivity contribution in [2.24, 2.45) is 0 Å². The van der Waals surface area contributed by atoms with E-state index in [1.165, 1.54) is 12.8 Å². The molecule has 0 aromatic carbocycles. The standard InChI is InChI=1S/C6H15NOP/c1-7(2)9(8)5-3-4-6-9/h8H,3-6H2,1-2H3/q+1. The zero-order valence-electron chi connectivity index (χ0n) is 6.17. The lowest BCUT2D eigenvalue weighted by molar-refractivity contribution is 0.505. The quantitative estimate of drug-likeness (QED) is 0.564. The minimum atomic E-state index is -1.56. The maximum atomic E-state index is 9.81. The van der Waals surface area contributed by atoms with Gasteiger partial charge in [-0.1, -0.05) is 0 Å². The summed E-state index contributed by atoms with van der Waals surface area (Å²) in [7, 11) is 2.41. The van der Waals surface area contributed by atoms with Crippen LogP contribution < -0.4 is 0 Å². The van der Waals surface area contributed by atoms with Gasteiger partial charge in [-0.3, -0.25) is 0 Å². The first-order valence-electron chi connectivity index (χ1n) is 3.43. The SMILES string of the molecule is CN(C)[P+]1(O)CCCC1. The van der Waals surface area contributed by atoms with E-state index in [2.05, 4.69) is 0 Å². The van der Waals surface area contributed by atoms with E-state index in [0.29, 0.717) is 0 Å². The fourth-order valence-corrected chi connectivity index (χ4v) is 3.73. The maximum absolute atomic E-state index is 9.81. The smallest absolute Gasteiger partial charge is 0.211 e. The van der Waals surface area contributed by atoms with Crippen LogP contribution in [0.3, 0.4) is 0 Å². The first-order chi connectivity index (χ1) is 4.15. The molecule has 1 aliphatic rings. The van der Waals surface area contributed by atoms with Gasteiger partial charge in [0, 0.05) is 14.1 Å². The highest BCUT2D eigenvalue weighted by Gasteiger charge is 2.42. The Morgan fingerprint density at radius 2 is 1.67 bits per heavy atom. The van der Waals surface area contributed by atoms with Crippen LogP contribution in [0.25, 0.3) is 0 Å². The Kier molecular flexibility index (Phi) is 2.10. The van der Waals surface area contributed by atoms with Crippen LogP contribution in [0.15, 0.2) is 0 Å². The Morgan fingerprint density at radius 1 is 1.22 bits per heavy atom. The Labute approximate surface area is 57.3 Å². The summed E-state index contributed by atoms with van der Waals surface area (Å²) in [5, 5.41) is 0. The minimum Gasteiger partial charge on any atom is -0.233 e. The van der Waals surface area contributed by atoms with Gasteiger partial charge in [0.1, 0.15) is 12.3 Å². The molecule has 0 atom stereocenters. The van der Waals surface area contributed by atoms with Crippen LogP contribution in [0.5, 0.6) is 0 Å². The van der Waals surface area contributed by atoms with Crippen molar-refractivity contribution in [2.45, 2.75) is 12.8 Å². The van der Waals surface area contributed by atoms with Gasteiger partial charge < -0.3 is 0 Å². The molecule has 0 bridgehead atoms. The van der Waals surface area contributed by atoms with Crippen molar-refractivity contribution in [2.75, 3.05) is 26.4 Å². The van der Waals surface area contributed by atoms with Crippen LogP contribution in [0.4, 0.5) is 0 Å². The third-order valence-electron chi connectivity index (χ3n) is 2.03. The molecule has 1 N–H and O–H groups in total. The molecule has 3 heteroatoms. The highest BCUT2D eigenvalue weighted by molar-refractivity contribution is 7.68. The molecule has 54 valence electrons. The summed E-state index contributed by atoms with van der Waals surface area (Å²) in [4.78, 5) is 9.81. The fourth-order valence-electron chi connectivity index (χ4n) is 1.24. The van der Waals surface area contributed by atoms with Gasteiger partial charge in [-0.25, -0.2) is 4.89 Å². The van der Waals surface area contributed by atoms with Gasteiger partial charge in [-0.05, 0) is 12.8 Å². The lowest BCUT2D eigenvalue weighted by atomic mass is 10.4. The highest BCUT2D eigenvalue weighted by atomic mass is 31.2. The van der Waals surface area contributed by atoms with Crippen molar-refractivity contribution in [1.82, 2.24) is 4.67 Å². The maximum Gasteiger partial charge on any atom is 0.211 e. The molecule has 0 aliphatic carbocycles. The van der Waals surface area contributed by atoms with Gasteiger partial charge in [-0.15, -0.1) is 0 Å². The molecule has 0 aromatic heterocycles. The van der Waals surface area contributed by atoms with Crippen LogP contribution >= 0.6 is 7.64 Å². The summed E-state index contributed by atoms with van der Waals surface area (Å²) >= 11 is 0. The topological polar surface area (TPSA) is 23.5 Å². The van der Waals surface area contributed by atoms with Crippen LogP contribution in [0, 0.1) is 0 Å². The molecule has 0 spiro atoms. The zero-order valence-corrected chi connectivity index (χ0v) is 7.06. The van der Waals surface area contributed by atoms with E-state index in [1.807, 2.05) is 18.8 Å². The average molecular weight is 148 g/mol. The number of hydrogen-bond acceptors (Lipinski definition) is 2. The summed E-state index contributed by atoms with van der Waals surface area (Å²) < 4.78 is 2.03. The third kappa shape index (κ3) is 1.43. The fraction of sp³-hybridized carbons (Fsp3) is 1.00. The van der Waals surface area contributed by atoms with Gasteiger partial charge in [0.05, 0.1) is 0 Å². The second kappa shape index (κ2) is 2.53. The van der Waals surface area contributed by atoms with Crippen LogP contribution in [0.1, 0.15) is 12.8 Å². The van der Waals surface area contributed by atoms with Crippen LogP contribution in [0.2, 0.25) is 0 Å². The van der Waals surface area contributed by atoms with E-state index < -0.39 is 7.64 Å². The summed E-state index contributed by atoms with van der Waals surface area (Å²) in [6, 6.07) is 0. The van der Waals surface area contributed by atoms with Gasteiger partial charge in [-0.2, -0.15) is 4.67 Å². The third-order valence-corrected chi connectivity index (χ3v) is 5.58. The second-order valence-electron chi connectivity index (χ2n) is 2.88. The van der Waals surface area contributed by atoms with Gasteiger partial charge in [0.15, 0.2) is 0 Å². The molecule has 2 nitrogen and oxygen atoms in total. The van der Waals surface area contributed by atoms with Crippen molar-refractivity contribution >= 4 is 7.64 Å². The average Bonchev–Trinajstić information content (AvgIpc) is 2.16. The van der Waals surface area contributed by atoms with Crippen molar-refractivity contribution in [3.05, 3.63) is 0 Å². The van der Waals surface area contributed by atoms with E-state index in [4.69, 9.17) is 0 Å². The van der Waals surface area contributed by atoms with Gasteiger partial charge in [0.25, 0.3) is 0 Å². The molecule has 1 heterocycles. The number of nitrogens with zero attached hydrogens (tertiary/aromatic N) is 1. The molecule has 0 saturated carbocycles. The Balaban J connectivity index is 2.51. The van der Waals surface area contributed by atoms with Crippen molar-refractivity contribution in [1.29, 1.82) is 0 Å². The molecular weight excluding hydrogens is 133 g/mol. The predicted octanol–water partition coefficient (Wildman–Crippen LogP) is 1.18. The molecule has 9 heavy (non-hydrogen) atoms. The van der Waals surface area contributed by atoms with E-state index >= 15 is 0 Å². The highest BCUT2D eigenvalue weighted by Crippen LogP contribution is 2.61. The van der Waals surface area contributed by atoms with Gasteiger partial charge in [0.2, 0.25) is 7.64 Å². The normalized spacial score (nSPS) is 25.3. The summed E-state index contributed by atoms with van der Waals surface area (Å²) in [6.45, 7) is 0. The van der Waals surface area contributed by atoms with E-state index in [1.54, 1.807) is 0 Å². The van der Waals surface area contributed by atoms with Crippen LogP contribution in [-0.4, -0.2) is 36.0 Å². The minimum absolute atomic E-state index is 1.06. The molecule has 1 rings (SSSR count). The Morgan fingerprint density at radius 3 is 1.89 bits per heavy atom. The van der Waals surface area contributed by atoms with E-state index in [9.17, 15) is 4.89 Å². The van der Waals surface area contributed by atoms with Crippen molar-refractivity contribution in [3.63, 3.8) is 0 Å². The molecule has 1 fully saturated rings. The molecule has 0 radical (unpaired) electrons. The first kappa shape index (κ1) is 7.46. The zero-order chi connectivity index (χ0) is 6.91. The molecule has 0 aromatic rings. The molecule has 0 unspecified atom stereocenters. The lowest BCUT2D eigenvalue weighted by Crippen LogP contribution is -2.15. The van der Waals surface area contributed by atoms with Crippen molar-refractivity contribution < 1.29 is 4.89 Å². The second-order valence-corrected chi connectivity index (χ2v) is 6.33. The molecule has 0 amide bonds. The molecule has 1 saturated heterocycles. The van der Waals surface area contributed by atoms with E-state index in [-0.39, 0.29) is 0 Å². The molecular formula is C6H15NOP+. The van der Waals surface area contributed by atoms with Crippen molar-refractivity contribution in [3.8, 4) is 0 Å². The van der Waals surface area contributed by atoms with E-state index in [0.717, 1.165) is 12.3 Å². The predicted molar refractivity (Wildman–Crippen MR) is 41.8 cm³/mol. The number of hydrogen-bond donors (Lipinski definition) is 1. The summed E-state index contributed by atoms with van der Waals surface area (Å²) in [5.74, 6) is 0. The van der Waals surface area contributed by atoms with Crippen LogP contribution in [-0.2, 0) is 0 Å². The monoisotopic (exact) mass is 148 g/mol. The Hall–Kier alpha value is 0.350. The Bertz CT molecular complexity index is 99.2. The largest absolute Gasteiger partial charge is 0.233 e.